The number of aromatic nitrogens is 1. The minimum absolute atomic E-state index is 0.599. The lowest BCUT2D eigenvalue weighted by Gasteiger charge is -1.99. The van der Waals surface area contributed by atoms with E-state index in [4.69, 9.17) is 5.73 Å². The minimum atomic E-state index is 0.599. The highest BCUT2D eigenvalue weighted by atomic mass is 32.1. The third-order valence-corrected chi connectivity index (χ3v) is 4.87. The molecule has 1 heterocycles. The fourth-order valence-electron chi connectivity index (χ4n) is 2.42. The van der Waals surface area contributed by atoms with Crippen LogP contribution in [0.2, 0.25) is 0 Å². The van der Waals surface area contributed by atoms with Crippen LogP contribution in [-0.2, 0) is 13.0 Å². The van der Waals surface area contributed by atoms with Crippen LogP contribution in [0.1, 0.15) is 55.9 Å². The molecule has 0 saturated heterocycles. The quantitative estimate of drug-likeness (QED) is 0.649. The van der Waals surface area contributed by atoms with Crippen LogP contribution in [0.15, 0.2) is 30.5 Å². The molecule has 0 bridgehead atoms. The van der Waals surface area contributed by atoms with Gasteiger partial charge in [-0.2, -0.15) is 0 Å². The van der Waals surface area contributed by atoms with Crippen LogP contribution in [0.5, 0.6) is 0 Å². The van der Waals surface area contributed by atoms with Gasteiger partial charge in [0.25, 0.3) is 0 Å². The summed E-state index contributed by atoms with van der Waals surface area (Å²) in [7, 11) is 0. The van der Waals surface area contributed by atoms with Crippen molar-refractivity contribution in [3.8, 4) is 10.6 Å². The summed E-state index contributed by atoms with van der Waals surface area (Å²) in [5.74, 6) is 0. The van der Waals surface area contributed by atoms with Crippen molar-refractivity contribution in [3.05, 3.63) is 40.9 Å². The maximum Gasteiger partial charge on any atom is 0.123 e. The first kappa shape index (κ1) is 16.2. The van der Waals surface area contributed by atoms with Gasteiger partial charge in [0.2, 0.25) is 0 Å². The van der Waals surface area contributed by atoms with E-state index < -0.39 is 0 Å². The molecule has 0 aliphatic carbocycles. The molecule has 0 amide bonds. The van der Waals surface area contributed by atoms with Gasteiger partial charge in [-0.25, -0.2) is 4.98 Å². The first-order valence-electron chi connectivity index (χ1n) is 8.07. The lowest BCUT2D eigenvalue weighted by Crippen LogP contribution is -1.94. The van der Waals surface area contributed by atoms with E-state index in [2.05, 4.69) is 36.2 Å². The van der Waals surface area contributed by atoms with Crippen LogP contribution in [-0.4, -0.2) is 4.98 Å². The number of unbranched alkanes of at least 4 members (excludes halogenated alkanes) is 5. The Morgan fingerprint density at radius 1 is 1.00 bits per heavy atom. The van der Waals surface area contributed by atoms with E-state index in [-0.39, 0.29) is 0 Å². The largest absolute Gasteiger partial charge is 0.326 e. The number of hydrogen-bond acceptors (Lipinski definition) is 3. The van der Waals surface area contributed by atoms with Crippen molar-refractivity contribution in [1.29, 1.82) is 0 Å². The lowest BCUT2D eigenvalue weighted by atomic mass is 10.1. The molecule has 0 aliphatic heterocycles. The van der Waals surface area contributed by atoms with Crippen molar-refractivity contribution in [3.63, 3.8) is 0 Å². The average Bonchev–Trinajstić information content (AvgIpc) is 3.00. The SMILES string of the molecule is CCCCCCCCc1cnc(-c2ccc(CN)cc2)s1. The number of hydrogen-bond donors (Lipinski definition) is 1. The van der Waals surface area contributed by atoms with E-state index in [0.29, 0.717) is 6.54 Å². The van der Waals surface area contributed by atoms with Gasteiger partial charge in [-0.05, 0) is 18.4 Å². The standard InChI is InChI=1S/C18H26N2S/c1-2-3-4-5-6-7-8-17-14-20-18(21-17)16-11-9-15(13-19)10-12-16/h9-12,14H,2-8,13,19H2,1H3. The molecule has 1 aromatic carbocycles. The summed E-state index contributed by atoms with van der Waals surface area (Å²) in [6.07, 6.45) is 11.3. The number of benzene rings is 1. The number of nitrogens with zero attached hydrogens (tertiary/aromatic N) is 1. The van der Waals surface area contributed by atoms with Gasteiger partial charge in [0.05, 0.1) is 0 Å². The van der Waals surface area contributed by atoms with E-state index in [0.717, 1.165) is 5.01 Å². The highest BCUT2D eigenvalue weighted by Gasteiger charge is 2.04. The Morgan fingerprint density at radius 3 is 2.43 bits per heavy atom. The smallest absolute Gasteiger partial charge is 0.123 e. The summed E-state index contributed by atoms with van der Waals surface area (Å²) in [4.78, 5) is 5.96. The Balaban J connectivity index is 1.80. The number of nitrogens with two attached hydrogens (primary N) is 1. The van der Waals surface area contributed by atoms with Gasteiger partial charge in [0.1, 0.15) is 5.01 Å². The predicted octanol–water partition coefficient (Wildman–Crippen LogP) is 5.17. The summed E-state index contributed by atoms with van der Waals surface area (Å²) in [5.41, 5.74) is 8.00. The molecule has 2 N–H and O–H groups in total. The normalized spacial score (nSPS) is 11.0. The molecule has 2 aromatic rings. The molecule has 0 aliphatic rings. The Hall–Kier alpha value is -1.19. The van der Waals surface area contributed by atoms with E-state index in [9.17, 15) is 0 Å². The molecule has 3 heteroatoms. The summed E-state index contributed by atoms with van der Waals surface area (Å²) in [6, 6.07) is 8.42. The second-order valence-corrected chi connectivity index (χ2v) is 6.67. The van der Waals surface area contributed by atoms with Crippen LogP contribution in [0.4, 0.5) is 0 Å². The third kappa shape index (κ3) is 5.25. The second kappa shape index (κ2) is 8.96. The van der Waals surface area contributed by atoms with Gasteiger partial charge in [-0.15, -0.1) is 11.3 Å². The predicted molar refractivity (Wildman–Crippen MR) is 92.5 cm³/mol. The molecular formula is C18H26N2S. The minimum Gasteiger partial charge on any atom is -0.326 e. The molecule has 2 rings (SSSR count). The molecule has 0 unspecified atom stereocenters. The zero-order valence-electron chi connectivity index (χ0n) is 13.0. The van der Waals surface area contributed by atoms with Gasteiger partial charge >= 0.3 is 0 Å². The molecular weight excluding hydrogens is 276 g/mol. The van der Waals surface area contributed by atoms with Crippen molar-refractivity contribution in [1.82, 2.24) is 4.98 Å². The zero-order chi connectivity index (χ0) is 14.9. The molecule has 1 aromatic heterocycles. The van der Waals surface area contributed by atoms with Gasteiger partial charge in [0, 0.05) is 23.2 Å². The van der Waals surface area contributed by atoms with Crippen LogP contribution < -0.4 is 5.73 Å². The van der Waals surface area contributed by atoms with Crippen molar-refractivity contribution in [2.75, 3.05) is 0 Å². The second-order valence-electron chi connectivity index (χ2n) is 5.55. The van der Waals surface area contributed by atoms with Gasteiger partial charge < -0.3 is 5.73 Å². The molecule has 0 atom stereocenters. The Kier molecular flexibility index (Phi) is 6.90. The van der Waals surface area contributed by atoms with E-state index >= 15 is 0 Å². The zero-order valence-corrected chi connectivity index (χ0v) is 13.8. The molecule has 0 radical (unpaired) electrons. The van der Waals surface area contributed by atoms with Crippen molar-refractivity contribution >= 4 is 11.3 Å². The monoisotopic (exact) mass is 302 g/mol. The number of rotatable bonds is 9. The fourth-order valence-corrected chi connectivity index (χ4v) is 3.38. The Labute approximate surface area is 132 Å². The summed E-state index contributed by atoms with van der Waals surface area (Å²) < 4.78 is 0. The van der Waals surface area contributed by atoms with Crippen molar-refractivity contribution in [2.45, 2.75) is 58.4 Å². The molecule has 0 spiro atoms. The van der Waals surface area contributed by atoms with Crippen LogP contribution in [0, 0.1) is 0 Å². The van der Waals surface area contributed by atoms with Gasteiger partial charge in [0.15, 0.2) is 0 Å². The van der Waals surface area contributed by atoms with E-state index in [1.165, 1.54) is 60.9 Å². The highest BCUT2D eigenvalue weighted by molar-refractivity contribution is 7.15. The summed E-state index contributed by atoms with van der Waals surface area (Å²) in [6.45, 7) is 2.86. The fraction of sp³-hybridized carbons (Fsp3) is 0.500. The lowest BCUT2D eigenvalue weighted by molar-refractivity contribution is 0.609. The van der Waals surface area contributed by atoms with Crippen molar-refractivity contribution < 1.29 is 0 Å². The van der Waals surface area contributed by atoms with Crippen molar-refractivity contribution in [2.24, 2.45) is 5.73 Å². The van der Waals surface area contributed by atoms with Gasteiger partial charge in [-0.1, -0.05) is 63.3 Å². The summed E-state index contributed by atoms with van der Waals surface area (Å²) in [5, 5.41) is 1.12. The maximum absolute atomic E-state index is 5.63. The molecule has 21 heavy (non-hydrogen) atoms. The maximum atomic E-state index is 5.63. The van der Waals surface area contributed by atoms with E-state index in [1.807, 2.05) is 17.5 Å². The number of thiazole rings is 1. The van der Waals surface area contributed by atoms with Crippen LogP contribution in [0.25, 0.3) is 10.6 Å². The average molecular weight is 302 g/mol. The molecule has 114 valence electrons. The Bertz CT molecular complexity index is 516. The Morgan fingerprint density at radius 2 is 1.71 bits per heavy atom. The molecule has 0 saturated carbocycles. The topological polar surface area (TPSA) is 38.9 Å². The molecule has 2 nitrogen and oxygen atoms in total. The van der Waals surface area contributed by atoms with Gasteiger partial charge in [-0.3, -0.25) is 0 Å². The van der Waals surface area contributed by atoms with E-state index in [1.54, 1.807) is 0 Å². The molecule has 0 fully saturated rings. The van der Waals surface area contributed by atoms with Crippen LogP contribution in [0.3, 0.4) is 0 Å². The number of aryl methyl sites for hydroxylation is 1. The first-order chi connectivity index (χ1) is 10.3. The van der Waals surface area contributed by atoms with Crippen LogP contribution >= 0.6 is 11.3 Å². The third-order valence-electron chi connectivity index (χ3n) is 3.77. The highest BCUT2D eigenvalue weighted by Crippen LogP contribution is 2.26. The first-order valence-corrected chi connectivity index (χ1v) is 8.89. The summed E-state index contributed by atoms with van der Waals surface area (Å²) >= 11 is 1.83.